The first-order chi connectivity index (χ1) is 8.97. The summed E-state index contributed by atoms with van der Waals surface area (Å²) in [6.07, 6.45) is 0.964. The van der Waals surface area contributed by atoms with Crippen LogP contribution in [0.1, 0.15) is 37.9 Å². The van der Waals surface area contributed by atoms with E-state index in [-0.39, 0.29) is 17.6 Å². The maximum Gasteiger partial charge on any atom is 0.122 e. The van der Waals surface area contributed by atoms with Gasteiger partial charge in [0.25, 0.3) is 0 Å². The van der Waals surface area contributed by atoms with Crippen LogP contribution in [0.2, 0.25) is 0 Å². The van der Waals surface area contributed by atoms with Crippen LogP contribution in [0.3, 0.4) is 0 Å². The number of nitrogens with one attached hydrogen (secondary N) is 1. The standard InChI is InChI=1S/C15H24N2O2/c1-15(2,3)14(18-4)13(17-16)11-5-6-12-10(9-11)7-8-19-12/h5-6,9,13-14,17H,7-8,16H2,1-4H3. The number of rotatable bonds is 4. The lowest BCUT2D eigenvalue weighted by atomic mass is 9.82. The van der Waals surface area contributed by atoms with Crippen molar-refractivity contribution >= 4 is 0 Å². The molecule has 1 aliphatic rings. The molecule has 1 aromatic carbocycles. The highest BCUT2D eigenvalue weighted by atomic mass is 16.5. The monoisotopic (exact) mass is 264 g/mol. The minimum absolute atomic E-state index is 0.00129. The Kier molecular flexibility index (Phi) is 4.13. The highest BCUT2D eigenvalue weighted by molar-refractivity contribution is 5.41. The fourth-order valence-corrected chi connectivity index (χ4v) is 2.75. The predicted molar refractivity (Wildman–Crippen MR) is 76.0 cm³/mol. The first-order valence-corrected chi connectivity index (χ1v) is 6.72. The minimum Gasteiger partial charge on any atom is -0.493 e. The zero-order chi connectivity index (χ0) is 14.0. The lowest BCUT2D eigenvalue weighted by Gasteiger charge is -2.36. The van der Waals surface area contributed by atoms with Crippen LogP contribution in [-0.4, -0.2) is 19.8 Å². The van der Waals surface area contributed by atoms with Gasteiger partial charge < -0.3 is 9.47 Å². The van der Waals surface area contributed by atoms with Gasteiger partial charge in [-0.15, -0.1) is 0 Å². The highest BCUT2D eigenvalue weighted by Crippen LogP contribution is 2.34. The van der Waals surface area contributed by atoms with E-state index >= 15 is 0 Å². The van der Waals surface area contributed by atoms with Crippen LogP contribution in [0.4, 0.5) is 0 Å². The van der Waals surface area contributed by atoms with Crippen molar-refractivity contribution in [1.29, 1.82) is 0 Å². The SMILES string of the molecule is COC(C(NN)c1ccc2c(c1)CCO2)C(C)(C)C. The second-order valence-corrected chi connectivity index (χ2v) is 6.13. The molecule has 0 saturated carbocycles. The third-order valence-corrected chi connectivity index (χ3v) is 3.66. The first-order valence-electron chi connectivity index (χ1n) is 6.72. The van der Waals surface area contributed by atoms with Gasteiger partial charge in [0.2, 0.25) is 0 Å². The number of ether oxygens (including phenoxy) is 2. The van der Waals surface area contributed by atoms with E-state index in [4.69, 9.17) is 15.3 Å². The van der Waals surface area contributed by atoms with E-state index in [1.54, 1.807) is 7.11 Å². The van der Waals surface area contributed by atoms with Gasteiger partial charge >= 0.3 is 0 Å². The zero-order valence-corrected chi connectivity index (χ0v) is 12.2. The van der Waals surface area contributed by atoms with Crippen LogP contribution in [0.25, 0.3) is 0 Å². The van der Waals surface area contributed by atoms with Crippen LogP contribution in [-0.2, 0) is 11.2 Å². The number of fused-ring (bicyclic) bond motifs is 1. The predicted octanol–water partition coefficient (Wildman–Crippen LogP) is 2.19. The Hall–Kier alpha value is -1.10. The van der Waals surface area contributed by atoms with Crippen molar-refractivity contribution in [3.05, 3.63) is 29.3 Å². The summed E-state index contributed by atoms with van der Waals surface area (Å²) >= 11 is 0. The van der Waals surface area contributed by atoms with Crippen molar-refractivity contribution in [3.63, 3.8) is 0 Å². The van der Waals surface area contributed by atoms with E-state index in [2.05, 4.69) is 38.3 Å². The molecule has 1 aromatic rings. The second kappa shape index (κ2) is 5.49. The van der Waals surface area contributed by atoms with E-state index in [0.717, 1.165) is 24.3 Å². The molecule has 3 N–H and O–H groups in total. The van der Waals surface area contributed by atoms with Gasteiger partial charge in [-0.2, -0.15) is 0 Å². The second-order valence-electron chi connectivity index (χ2n) is 6.13. The van der Waals surface area contributed by atoms with E-state index in [1.165, 1.54) is 5.56 Å². The Morgan fingerprint density at radius 1 is 1.37 bits per heavy atom. The van der Waals surface area contributed by atoms with Gasteiger partial charge in [0.1, 0.15) is 5.75 Å². The van der Waals surface area contributed by atoms with Gasteiger partial charge in [0, 0.05) is 13.5 Å². The maximum atomic E-state index is 5.76. The van der Waals surface area contributed by atoms with Gasteiger partial charge in [-0.25, -0.2) is 0 Å². The number of methoxy groups -OCH3 is 1. The number of nitrogens with two attached hydrogens (primary N) is 1. The summed E-state index contributed by atoms with van der Waals surface area (Å²) in [5.74, 6) is 6.75. The molecule has 19 heavy (non-hydrogen) atoms. The molecule has 0 spiro atoms. The average Bonchev–Trinajstić information content (AvgIpc) is 2.81. The normalized spacial score (nSPS) is 17.7. The molecule has 4 nitrogen and oxygen atoms in total. The molecule has 0 amide bonds. The lowest BCUT2D eigenvalue weighted by Crippen LogP contribution is -2.44. The Morgan fingerprint density at radius 3 is 2.68 bits per heavy atom. The molecule has 0 fully saturated rings. The van der Waals surface area contributed by atoms with Crippen LogP contribution < -0.4 is 16.0 Å². The Labute approximate surface area is 115 Å². The van der Waals surface area contributed by atoms with E-state index in [1.807, 2.05) is 6.07 Å². The maximum absolute atomic E-state index is 5.76. The molecule has 1 aliphatic heterocycles. The lowest BCUT2D eigenvalue weighted by molar-refractivity contribution is -0.0120. The van der Waals surface area contributed by atoms with Crippen LogP contribution in [0, 0.1) is 5.41 Å². The van der Waals surface area contributed by atoms with Gasteiger partial charge in [0.15, 0.2) is 0 Å². The van der Waals surface area contributed by atoms with Gasteiger partial charge in [-0.05, 0) is 22.6 Å². The molecule has 0 aliphatic carbocycles. The Balaban J connectivity index is 2.31. The van der Waals surface area contributed by atoms with Crippen molar-refractivity contribution in [2.75, 3.05) is 13.7 Å². The molecule has 2 rings (SSSR count). The van der Waals surface area contributed by atoms with Crippen molar-refractivity contribution in [3.8, 4) is 5.75 Å². The molecular formula is C15H24N2O2. The van der Waals surface area contributed by atoms with Crippen molar-refractivity contribution < 1.29 is 9.47 Å². The summed E-state index contributed by atoms with van der Waals surface area (Å²) in [7, 11) is 1.73. The molecule has 2 unspecified atom stereocenters. The molecule has 0 aromatic heterocycles. The van der Waals surface area contributed by atoms with Crippen LogP contribution >= 0.6 is 0 Å². The largest absolute Gasteiger partial charge is 0.493 e. The third kappa shape index (κ3) is 2.91. The molecule has 1 heterocycles. The van der Waals surface area contributed by atoms with Crippen molar-refractivity contribution in [2.24, 2.45) is 11.3 Å². The van der Waals surface area contributed by atoms with Crippen molar-refractivity contribution in [2.45, 2.75) is 39.3 Å². The van der Waals surface area contributed by atoms with Crippen LogP contribution in [0.15, 0.2) is 18.2 Å². The number of hydrazine groups is 1. The summed E-state index contributed by atoms with van der Waals surface area (Å²) in [5, 5.41) is 0. The molecule has 0 radical (unpaired) electrons. The summed E-state index contributed by atoms with van der Waals surface area (Å²) in [5.41, 5.74) is 5.30. The van der Waals surface area contributed by atoms with E-state index in [9.17, 15) is 0 Å². The van der Waals surface area contributed by atoms with Crippen molar-refractivity contribution in [1.82, 2.24) is 5.43 Å². The molecule has 0 saturated heterocycles. The fraction of sp³-hybridized carbons (Fsp3) is 0.600. The first kappa shape index (κ1) is 14.3. The molecule has 106 valence electrons. The molecule has 2 atom stereocenters. The molecule has 4 heteroatoms. The minimum atomic E-state index is -0.0316. The Bertz CT molecular complexity index is 440. The van der Waals surface area contributed by atoms with Crippen LogP contribution in [0.5, 0.6) is 5.75 Å². The van der Waals surface area contributed by atoms with Gasteiger partial charge in [-0.1, -0.05) is 32.9 Å². The number of hydrogen-bond donors (Lipinski definition) is 2. The summed E-state index contributed by atoms with van der Waals surface area (Å²) < 4.78 is 11.2. The van der Waals surface area contributed by atoms with E-state index in [0.29, 0.717) is 0 Å². The van der Waals surface area contributed by atoms with Gasteiger partial charge in [-0.3, -0.25) is 11.3 Å². The van der Waals surface area contributed by atoms with E-state index < -0.39 is 0 Å². The quantitative estimate of drug-likeness (QED) is 0.646. The number of hydrogen-bond acceptors (Lipinski definition) is 4. The third-order valence-electron chi connectivity index (χ3n) is 3.66. The number of benzene rings is 1. The highest BCUT2D eigenvalue weighted by Gasteiger charge is 2.33. The van der Waals surface area contributed by atoms with Gasteiger partial charge in [0.05, 0.1) is 18.8 Å². The molecule has 0 bridgehead atoms. The Morgan fingerprint density at radius 2 is 2.11 bits per heavy atom. The fourth-order valence-electron chi connectivity index (χ4n) is 2.75. The molecular weight excluding hydrogens is 240 g/mol. The summed E-state index contributed by atoms with van der Waals surface area (Å²) in [6, 6.07) is 6.23. The summed E-state index contributed by atoms with van der Waals surface area (Å²) in [4.78, 5) is 0. The summed E-state index contributed by atoms with van der Waals surface area (Å²) in [6.45, 7) is 7.23. The average molecular weight is 264 g/mol. The topological polar surface area (TPSA) is 56.5 Å². The zero-order valence-electron chi connectivity index (χ0n) is 12.2. The smallest absolute Gasteiger partial charge is 0.122 e.